The number of methoxy groups -OCH3 is 1. The summed E-state index contributed by atoms with van der Waals surface area (Å²) in [5.41, 5.74) is 11.9. The number of nitrogens with one attached hydrogen (secondary N) is 1. The number of rotatable bonds is 4. The molecule has 1 aromatic rings. The van der Waals surface area contributed by atoms with E-state index < -0.39 is 5.91 Å². The van der Waals surface area contributed by atoms with E-state index in [1.165, 1.54) is 13.2 Å². The first-order valence-electron chi connectivity index (χ1n) is 7.05. The van der Waals surface area contributed by atoms with E-state index >= 15 is 0 Å². The minimum Gasteiger partial charge on any atom is -0.495 e. The van der Waals surface area contributed by atoms with Gasteiger partial charge in [0.2, 0.25) is 11.8 Å². The Morgan fingerprint density at radius 1 is 1.24 bits per heavy atom. The number of primary amides is 1. The summed E-state index contributed by atoms with van der Waals surface area (Å²) in [6.45, 7) is 0. The second-order valence-corrected chi connectivity index (χ2v) is 5.38. The van der Waals surface area contributed by atoms with E-state index in [9.17, 15) is 9.59 Å². The Labute approximate surface area is 123 Å². The van der Waals surface area contributed by atoms with Crippen LogP contribution in [0.25, 0.3) is 0 Å². The highest BCUT2D eigenvalue weighted by molar-refractivity contribution is 5.98. The summed E-state index contributed by atoms with van der Waals surface area (Å²) >= 11 is 0. The molecule has 0 atom stereocenters. The molecule has 2 rings (SSSR count). The van der Waals surface area contributed by atoms with Crippen LogP contribution in [-0.4, -0.2) is 25.0 Å². The Morgan fingerprint density at radius 3 is 2.48 bits per heavy atom. The molecular weight excluding hydrogens is 270 g/mol. The zero-order valence-electron chi connectivity index (χ0n) is 12.1. The van der Waals surface area contributed by atoms with Gasteiger partial charge in [-0.25, -0.2) is 0 Å². The number of amides is 2. The van der Waals surface area contributed by atoms with E-state index in [-0.39, 0.29) is 17.9 Å². The van der Waals surface area contributed by atoms with Gasteiger partial charge in [0.1, 0.15) is 5.75 Å². The molecule has 0 aliphatic heterocycles. The third-order valence-corrected chi connectivity index (χ3v) is 3.88. The Hall–Kier alpha value is -2.08. The highest BCUT2D eigenvalue weighted by Gasteiger charge is 2.25. The minimum atomic E-state index is -0.545. The second kappa shape index (κ2) is 6.58. The number of carbonyl (C=O) groups excluding carboxylic acids is 2. The average molecular weight is 291 g/mol. The molecule has 0 spiro atoms. The molecule has 0 radical (unpaired) electrons. The van der Waals surface area contributed by atoms with Gasteiger partial charge >= 0.3 is 0 Å². The summed E-state index contributed by atoms with van der Waals surface area (Å²) in [5, 5.41) is 2.83. The van der Waals surface area contributed by atoms with Crippen molar-refractivity contribution in [2.75, 3.05) is 12.4 Å². The van der Waals surface area contributed by atoms with Crippen molar-refractivity contribution in [1.29, 1.82) is 0 Å². The molecule has 1 aliphatic carbocycles. The normalized spacial score (nSPS) is 21.6. The van der Waals surface area contributed by atoms with Crippen LogP contribution in [0.5, 0.6) is 5.75 Å². The van der Waals surface area contributed by atoms with Gasteiger partial charge in [-0.15, -0.1) is 0 Å². The summed E-state index contributed by atoms with van der Waals surface area (Å²) in [5.74, 6) is -0.161. The maximum Gasteiger partial charge on any atom is 0.248 e. The van der Waals surface area contributed by atoms with Crippen molar-refractivity contribution >= 4 is 17.5 Å². The van der Waals surface area contributed by atoms with Crippen LogP contribution in [0, 0.1) is 5.92 Å². The van der Waals surface area contributed by atoms with E-state index in [1.54, 1.807) is 12.1 Å². The van der Waals surface area contributed by atoms with Crippen LogP contribution >= 0.6 is 0 Å². The van der Waals surface area contributed by atoms with Crippen molar-refractivity contribution in [3.05, 3.63) is 23.8 Å². The highest BCUT2D eigenvalue weighted by Crippen LogP contribution is 2.29. The van der Waals surface area contributed by atoms with Gasteiger partial charge in [-0.1, -0.05) is 0 Å². The molecule has 0 bridgehead atoms. The Morgan fingerprint density at radius 2 is 1.90 bits per heavy atom. The number of benzene rings is 1. The first kappa shape index (κ1) is 15.3. The molecular formula is C15H21N3O3. The largest absolute Gasteiger partial charge is 0.495 e. The SMILES string of the molecule is COc1ccc(C(N)=O)cc1NC(=O)C1CCC(N)CC1. The van der Waals surface area contributed by atoms with Crippen molar-refractivity contribution in [3.63, 3.8) is 0 Å². The number of hydrogen-bond acceptors (Lipinski definition) is 4. The average Bonchev–Trinajstić information content (AvgIpc) is 2.47. The van der Waals surface area contributed by atoms with Crippen molar-refractivity contribution < 1.29 is 14.3 Å². The van der Waals surface area contributed by atoms with Crippen molar-refractivity contribution in [2.24, 2.45) is 17.4 Å². The first-order valence-corrected chi connectivity index (χ1v) is 7.05. The summed E-state index contributed by atoms with van der Waals surface area (Å²) in [7, 11) is 1.51. The second-order valence-electron chi connectivity index (χ2n) is 5.38. The maximum atomic E-state index is 12.3. The fourth-order valence-electron chi connectivity index (χ4n) is 2.58. The van der Waals surface area contributed by atoms with Crippen LogP contribution in [0.2, 0.25) is 0 Å². The van der Waals surface area contributed by atoms with Crippen molar-refractivity contribution in [2.45, 2.75) is 31.7 Å². The summed E-state index contributed by atoms with van der Waals surface area (Å²) < 4.78 is 5.20. The van der Waals surface area contributed by atoms with Crippen molar-refractivity contribution in [3.8, 4) is 5.75 Å². The van der Waals surface area contributed by atoms with Crippen LogP contribution in [-0.2, 0) is 4.79 Å². The van der Waals surface area contributed by atoms with Crippen LogP contribution in [0.1, 0.15) is 36.0 Å². The lowest BCUT2D eigenvalue weighted by molar-refractivity contribution is -0.120. The standard InChI is InChI=1S/C15H21N3O3/c1-21-13-7-4-10(14(17)19)8-12(13)18-15(20)9-2-5-11(16)6-3-9/h4,7-9,11H,2-3,5-6,16H2,1H3,(H2,17,19)(H,18,20). The van der Waals surface area contributed by atoms with Crippen LogP contribution < -0.4 is 21.5 Å². The van der Waals surface area contributed by atoms with Gasteiger partial charge in [0.25, 0.3) is 0 Å². The van der Waals surface area contributed by atoms with E-state index in [0.29, 0.717) is 17.0 Å². The van der Waals surface area contributed by atoms with Gasteiger partial charge in [-0.3, -0.25) is 9.59 Å². The lowest BCUT2D eigenvalue weighted by Crippen LogP contribution is -2.32. The van der Waals surface area contributed by atoms with Gasteiger partial charge in [0.15, 0.2) is 0 Å². The number of ether oxygens (including phenoxy) is 1. The number of hydrogen-bond donors (Lipinski definition) is 3. The molecule has 6 nitrogen and oxygen atoms in total. The fraction of sp³-hybridized carbons (Fsp3) is 0.467. The molecule has 1 aromatic carbocycles. The van der Waals surface area contributed by atoms with Gasteiger partial charge in [-0.2, -0.15) is 0 Å². The molecule has 0 heterocycles. The predicted molar refractivity (Wildman–Crippen MR) is 80.1 cm³/mol. The molecule has 5 N–H and O–H groups in total. The fourth-order valence-corrected chi connectivity index (χ4v) is 2.58. The van der Waals surface area contributed by atoms with E-state index in [1.807, 2.05) is 0 Å². The third-order valence-electron chi connectivity index (χ3n) is 3.88. The number of nitrogens with two attached hydrogens (primary N) is 2. The van der Waals surface area contributed by atoms with E-state index in [4.69, 9.17) is 16.2 Å². The van der Waals surface area contributed by atoms with Gasteiger partial charge in [-0.05, 0) is 43.9 Å². The Balaban J connectivity index is 2.12. The minimum absolute atomic E-state index is 0.0493. The zero-order chi connectivity index (χ0) is 15.4. The van der Waals surface area contributed by atoms with Gasteiger partial charge < -0.3 is 21.5 Å². The molecule has 0 saturated heterocycles. The molecule has 21 heavy (non-hydrogen) atoms. The molecule has 1 saturated carbocycles. The highest BCUT2D eigenvalue weighted by atomic mass is 16.5. The van der Waals surface area contributed by atoms with Crippen LogP contribution in [0.3, 0.4) is 0 Å². The van der Waals surface area contributed by atoms with E-state index in [0.717, 1.165) is 25.7 Å². The molecule has 1 fully saturated rings. The predicted octanol–water partition coefficient (Wildman–Crippen LogP) is 1.25. The van der Waals surface area contributed by atoms with Gasteiger partial charge in [0.05, 0.1) is 12.8 Å². The number of anilines is 1. The molecule has 0 aromatic heterocycles. The summed E-state index contributed by atoms with van der Waals surface area (Å²) in [6.07, 6.45) is 3.28. The molecule has 114 valence electrons. The number of carbonyl (C=O) groups is 2. The Kier molecular flexibility index (Phi) is 4.80. The molecule has 0 unspecified atom stereocenters. The lowest BCUT2D eigenvalue weighted by atomic mass is 9.86. The third kappa shape index (κ3) is 3.72. The smallest absolute Gasteiger partial charge is 0.248 e. The van der Waals surface area contributed by atoms with Gasteiger partial charge in [0, 0.05) is 17.5 Å². The first-order chi connectivity index (χ1) is 10.0. The van der Waals surface area contributed by atoms with Crippen molar-refractivity contribution in [1.82, 2.24) is 0 Å². The topological polar surface area (TPSA) is 107 Å². The van der Waals surface area contributed by atoms with Crippen LogP contribution in [0.15, 0.2) is 18.2 Å². The van der Waals surface area contributed by atoms with Crippen LogP contribution in [0.4, 0.5) is 5.69 Å². The molecule has 1 aliphatic rings. The Bertz CT molecular complexity index is 537. The monoisotopic (exact) mass is 291 g/mol. The lowest BCUT2D eigenvalue weighted by Gasteiger charge is -2.25. The van der Waals surface area contributed by atoms with E-state index in [2.05, 4.69) is 5.32 Å². The summed E-state index contributed by atoms with van der Waals surface area (Å²) in [4.78, 5) is 23.5. The zero-order valence-corrected chi connectivity index (χ0v) is 12.1. The molecule has 6 heteroatoms. The summed E-state index contributed by atoms with van der Waals surface area (Å²) in [6, 6.07) is 4.91. The molecule has 2 amide bonds. The maximum absolute atomic E-state index is 12.3. The quantitative estimate of drug-likeness (QED) is 0.775.